The highest BCUT2D eigenvalue weighted by Gasteiger charge is 2.18. The highest BCUT2D eigenvalue weighted by Crippen LogP contribution is 2.40. The number of aromatic nitrogens is 1. The molecule has 3 aromatic rings. The maximum atomic E-state index is 10.8. The summed E-state index contributed by atoms with van der Waals surface area (Å²) in [5.41, 5.74) is 10.3. The van der Waals surface area contributed by atoms with Crippen LogP contribution >= 0.6 is 0 Å². The number of benzene rings is 2. The predicted octanol–water partition coefficient (Wildman–Crippen LogP) is 3.65. The first kappa shape index (κ1) is 19.7. The van der Waals surface area contributed by atoms with Gasteiger partial charge in [-0.2, -0.15) is 5.26 Å². The zero-order chi connectivity index (χ0) is 21.0. The number of hydrogen-bond acceptors (Lipinski definition) is 6. The van der Waals surface area contributed by atoms with Gasteiger partial charge >= 0.3 is 5.97 Å². The van der Waals surface area contributed by atoms with E-state index in [2.05, 4.69) is 11.1 Å². The Morgan fingerprint density at radius 2 is 1.86 bits per heavy atom. The number of nitrogens with zero attached hydrogens (tertiary/aromatic N) is 2. The predicted molar refractivity (Wildman–Crippen MR) is 109 cm³/mol. The first-order valence-corrected chi connectivity index (χ1v) is 8.73. The molecule has 0 unspecified atom stereocenters. The normalized spacial score (nSPS) is 10.2. The topological polar surface area (TPSA) is 118 Å². The van der Waals surface area contributed by atoms with Crippen molar-refractivity contribution in [2.45, 2.75) is 6.92 Å². The molecule has 3 rings (SSSR count). The van der Waals surface area contributed by atoms with Crippen molar-refractivity contribution >= 4 is 11.8 Å². The van der Waals surface area contributed by atoms with Crippen molar-refractivity contribution in [1.29, 1.82) is 5.26 Å². The van der Waals surface area contributed by atoms with Crippen LogP contribution < -0.4 is 15.2 Å². The Morgan fingerprint density at radius 1 is 1.17 bits per heavy atom. The van der Waals surface area contributed by atoms with Crippen LogP contribution in [-0.2, 0) is 4.79 Å². The highest BCUT2D eigenvalue weighted by atomic mass is 16.5. The van der Waals surface area contributed by atoms with E-state index in [1.807, 2.05) is 31.2 Å². The second kappa shape index (κ2) is 8.31. The monoisotopic (exact) mass is 389 g/mol. The Morgan fingerprint density at radius 3 is 2.48 bits per heavy atom. The summed E-state index contributed by atoms with van der Waals surface area (Å²) in [4.78, 5) is 15.0. The van der Waals surface area contributed by atoms with Crippen LogP contribution in [0.3, 0.4) is 0 Å². The van der Waals surface area contributed by atoms with E-state index < -0.39 is 12.6 Å². The average molecular weight is 389 g/mol. The van der Waals surface area contributed by atoms with Crippen LogP contribution in [0.4, 0.5) is 5.82 Å². The largest absolute Gasteiger partial charge is 0.493 e. The molecule has 1 heterocycles. The van der Waals surface area contributed by atoms with Crippen LogP contribution in [0.5, 0.6) is 11.5 Å². The molecular weight excluding hydrogens is 370 g/mol. The Labute approximate surface area is 168 Å². The van der Waals surface area contributed by atoms with Gasteiger partial charge in [-0.25, -0.2) is 9.78 Å². The number of carboxylic acid groups (broad SMARTS) is 1. The van der Waals surface area contributed by atoms with Gasteiger partial charge in [0, 0.05) is 17.3 Å². The van der Waals surface area contributed by atoms with Crippen molar-refractivity contribution in [3.8, 4) is 39.8 Å². The molecule has 0 amide bonds. The molecule has 0 radical (unpaired) electrons. The SMILES string of the molecule is COc1cc(-c2c(-c3ccc(C)cc3)cnc(N)c2C#N)ccc1OCC(=O)O. The second-order valence-electron chi connectivity index (χ2n) is 6.33. The minimum atomic E-state index is -1.09. The fourth-order valence-electron chi connectivity index (χ4n) is 2.97. The molecule has 0 aliphatic rings. The van der Waals surface area contributed by atoms with Crippen molar-refractivity contribution in [2.24, 2.45) is 0 Å². The average Bonchev–Trinajstić information content (AvgIpc) is 2.72. The minimum Gasteiger partial charge on any atom is -0.493 e. The van der Waals surface area contributed by atoms with Crippen molar-refractivity contribution in [3.63, 3.8) is 0 Å². The van der Waals surface area contributed by atoms with E-state index in [0.717, 1.165) is 16.7 Å². The van der Waals surface area contributed by atoms with E-state index in [4.69, 9.17) is 20.3 Å². The number of hydrogen-bond donors (Lipinski definition) is 2. The number of aryl methyl sites for hydroxylation is 1. The summed E-state index contributed by atoms with van der Waals surface area (Å²) >= 11 is 0. The lowest BCUT2D eigenvalue weighted by Gasteiger charge is -2.16. The fourth-order valence-corrected chi connectivity index (χ4v) is 2.97. The minimum absolute atomic E-state index is 0.128. The molecule has 0 spiro atoms. The summed E-state index contributed by atoms with van der Waals surface area (Å²) in [5.74, 6) is -0.330. The van der Waals surface area contributed by atoms with E-state index in [9.17, 15) is 10.1 Å². The van der Waals surface area contributed by atoms with Gasteiger partial charge in [0.1, 0.15) is 17.5 Å². The lowest BCUT2D eigenvalue weighted by atomic mass is 9.92. The van der Waals surface area contributed by atoms with E-state index >= 15 is 0 Å². The van der Waals surface area contributed by atoms with E-state index in [-0.39, 0.29) is 17.1 Å². The number of aliphatic carboxylic acids is 1. The van der Waals surface area contributed by atoms with E-state index in [1.165, 1.54) is 7.11 Å². The molecule has 0 saturated heterocycles. The van der Waals surface area contributed by atoms with Crippen LogP contribution in [-0.4, -0.2) is 29.8 Å². The van der Waals surface area contributed by atoms with Gasteiger partial charge in [0.05, 0.1) is 7.11 Å². The molecule has 0 aliphatic heterocycles. The summed E-state index contributed by atoms with van der Waals surface area (Å²) in [6.45, 7) is 1.50. The molecule has 146 valence electrons. The number of rotatable bonds is 6. The van der Waals surface area contributed by atoms with Crippen LogP contribution in [0.1, 0.15) is 11.1 Å². The van der Waals surface area contributed by atoms with Crippen LogP contribution in [0.2, 0.25) is 0 Å². The third-order valence-electron chi connectivity index (χ3n) is 4.39. The molecule has 3 N–H and O–H groups in total. The summed E-state index contributed by atoms with van der Waals surface area (Å²) in [6.07, 6.45) is 1.64. The summed E-state index contributed by atoms with van der Waals surface area (Å²) < 4.78 is 10.6. The Balaban J connectivity index is 2.19. The number of nitrogens with two attached hydrogens (primary N) is 1. The van der Waals surface area contributed by atoms with Gasteiger partial charge < -0.3 is 20.3 Å². The number of nitrogen functional groups attached to an aromatic ring is 1. The first-order chi connectivity index (χ1) is 13.9. The maximum absolute atomic E-state index is 10.8. The molecule has 0 aliphatic carbocycles. The van der Waals surface area contributed by atoms with Crippen LogP contribution in [0.25, 0.3) is 22.3 Å². The third-order valence-corrected chi connectivity index (χ3v) is 4.39. The van der Waals surface area contributed by atoms with Crippen LogP contribution in [0.15, 0.2) is 48.7 Å². The Hall–Kier alpha value is -4.05. The van der Waals surface area contributed by atoms with Crippen LogP contribution in [0, 0.1) is 18.3 Å². The van der Waals surface area contributed by atoms with Gasteiger partial charge in [-0.05, 0) is 30.2 Å². The number of methoxy groups -OCH3 is 1. The summed E-state index contributed by atoms with van der Waals surface area (Å²) in [5, 5.41) is 18.5. The number of nitriles is 1. The number of pyridine rings is 1. The smallest absolute Gasteiger partial charge is 0.341 e. The molecule has 2 aromatic carbocycles. The number of anilines is 1. The molecule has 29 heavy (non-hydrogen) atoms. The standard InChI is InChI=1S/C22H19N3O4/c1-13-3-5-14(6-4-13)17-11-25-22(24)16(10-23)21(17)15-7-8-18(19(9-15)28-2)29-12-20(26)27/h3-9,11H,12H2,1-2H3,(H2,24,25)(H,26,27). The zero-order valence-electron chi connectivity index (χ0n) is 16.0. The lowest BCUT2D eigenvalue weighted by Crippen LogP contribution is -2.10. The third kappa shape index (κ3) is 4.12. The summed E-state index contributed by atoms with van der Waals surface area (Å²) in [7, 11) is 1.46. The van der Waals surface area contributed by atoms with Gasteiger partial charge in [-0.3, -0.25) is 0 Å². The van der Waals surface area contributed by atoms with Crippen molar-refractivity contribution < 1.29 is 19.4 Å². The molecule has 7 nitrogen and oxygen atoms in total. The maximum Gasteiger partial charge on any atom is 0.341 e. The number of carboxylic acids is 1. The van der Waals surface area contributed by atoms with Crippen molar-refractivity contribution in [2.75, 3.05) is 19.5 Å². The molecule has 0 saturated carbocycles. The molecular formula is C22H19N3O4. The Bertz CT molecular complexity index is 1100. The first-order valence-electron chi connectivity index (χ1n) is 8.73. The molecule has 1 aromatic heterocycles. The van der Waals surface area contributed by atoms with Crippen molar-refractivity contribution in [1.82, 2.24) is 4.98 Å². The molecule has 0 atom stereocenters. The van der Waals surface area contributed by atoms with Gasteiger partial charge in [-0.1, -0.05) is 35.9 Å². The lowest BCUT2D eigenvalue weighted by molar-refractivity contribution is -0.139. The van der Waals surface area contributed by atoms with Gasteiger partial charge in [0.25, 0.3) is 0 Å². The quantitative estimate of drug-likeness (QED) is 0.660. The molecule has 7 heteroatoms. The van der Waals surface area contributed by atoms with E-state index in [1.54, 1.807) is 24.4 Å². The molecule has 0 bridgehead atoms. The number of carbonyl (C=O) groups is 1. The van der Waals surface area contributed by atoms with Gasteiger partial charge in [0.15, 0.2) is 18.1 Å². The fraction of sp³-hybridized carbons (Fsp3) is 0.136. The summed E-state index contributed by atoms with van der Waals surface area (Å²) in [6, 6.07) is 15.0. The highest BCUT2D eigenvalue weighted by molar-refractivity contribution is 5.90. The Kier molecular flexibility index (Phi) is 5.65. The van der Waals surface area contributed by atoms with E-state index in [0.29, 0.717) is 16.9 Å². The zero-order valence-corrected chi connectivity index (χ0v) is 16.0. The number of ether oxygens (including phenoxy) is 2. The second-order valence-corrected chi connectivity index (χ2v) is 6.33. The molecule has 0 fully saturated rings. The van der Waals surface area contributed by atoms with Crippen molar-refractivity contribution in [3.05, 3.63) is 59.8 Å². The van der Waals surface area contributed by atoms with Gasteiger partial charge in [0.2, 0.25) is 0 Å². The van der Waals surface area contributed by atoms with Gasteiger partial charge in [-0.15, -0.1) is 0 Å².